The summed E-state index contributed by atoms with van der Waals surface area (Å²) in [5, 5.41) is 22.3. The van der Waals surface area contributed by atoms with Gasteiger partial charge in [-0.25, -0.2) is 0 Å². The molecule has 0 aromatic carbocycles. The SMILES string of the molecule is CC(NC(=O)C1CCCN1C(=O)C(CC(N)=O)NC(=O)C(N)CO)C(=O)O. The van der Waals surface area contributed by atoms with Gasteiger partial charge in [-0.3, -0.25) is 24.0 Å². The molecule has 4 atom stereocenters. The quantitative estimate of drug-likeness (QED) is 0.231. The maximum atomic E-state index is 12.8. The average molecular weight is 387 g/mol. The highest BCUT2D eigenvalue weighted by Gasteiger charge is 2.39. The van der Waals surface area contributed by atoms with Crippen LogP contribution in [0.15, 0.2) is 0 Å². The summed E-state index contributed by atoms with van der Waals surface area (Å²) < 4.78 is 0. The van der Waals surface area contributed by atoms with E-state index in [1.165, 1.54) is 11.8 Å². The number of primary amides is 1. The molecule has 4 unspecified atom stereocenters. The molecule has 1 saturated heterocycles. The number of likely N-dealkylation sites (tertiary alicyclic amines) is 1. The van der Waals surface area contributed by atoms with Crippen molar-refractivity contribution in [3.05, 3.63) is 0 Å². The second-order valence-electron chi connectivity index (χ2n) is 6.28. The van der Waals surface area contributed by atoms with E-state index in [0.717, 1.165) is 0 Å². The van der Waals surface area contributed by atoms with Gasteiger partial charge >= 0.3 is 5.97 Å². The summed E-state index contributed by atoms with van der Waals surface area (Å²) in [6.45, 7) is 0.814. The Kier molecular flexibility index (Phi) is 8.12. The Morgan fingerprint density at radius 2 is 1.85 bits per heavy atom. The molecular weight excluding hydrogens is 362 g/mol. The number of rotatable bonds is 9. The van der Waals surface area contributed by atoms with Crippen LogP contribution >= 0.6 is 0 Å². The van der Waals surface area contributed by atoms with Crippen LogP contribution in [-0.4, -0.2) is 82.0 Å². The predicted molar refractivity (Wildman–Crippen MR) is 90.8 cm³/mol. The number of carbonyl (C=O) groups is 5. The van der Waals surface area contributed by atoms with Crippen molar-refractivity contribution >= 4 is 29.6 Å². The molecule has 1 aliphatic heterocycles. The molecule has 0 spiro atoms. The molecule has 0 bridgehead atoms. The number of amides is 4. The lowest BCUT2D eigenvalue weighted by atomic mass is 10.1. The predicted octanol–water partition coefficient (Wildman–Crippen LogP) is -3.75. The smallest absolute Gasteiger partial charge is 0.325 e. The Morgan fingerprint density at radius 1 is 1.22 bits per heavy atom. The van der Waals surface area contributed by atoms with Crippen molar-refractivity contribution in [2.75, 3.05) is 13.2 Å². The van der Waals surface area contributed by atoms with Crippen LogP contribution in [-0.2, 0) is 24.0 Å². The van der Waals surface area contributed by atoms with Crippen molar-refractivity contribution in [3.8, 4) is 0 Å². The zero-order valence-corrected chi connectivity index (χ0v) is 14.9. The number of hydrogen-bond acceptors (Lipinski definition) is 7. The van der Waals surface area contributed by atoms with E-state index in [-0.39, 0.29) is 6.54 Å². The lowest BCUT2D eigenvalue weighted by Crippen LogP contribution is -2.57. The van der Waals surface area contributed by atoms with Crippen molar-refractivity contribution < 1.29 is 34.2 Å². The normalized spacial score (nSPS) is 19.7. The number of nitrogens with zero attached hydrogens (tertiary/aromatic N) is 1. The molecule has 8 N–H and O–H groups in total. The molecule has 1 rings (SSSR count). The molecule has 0 radical (unpaired) electrons. The van der Waals surface area contributed by atoms with Gasteiger partial charge in [-0.1, -0.05) is 0 Å². The molecule has 0 saturated carbocycles. The van der Waals surface area contributed by atoms with Gasteiger partial charge in [-0.15, -0.1) is 0 Å². The summed E-state index contributed by atoms with van der Waals surface area (Å²) in [5.74, 6) is -4.29. The van der Waals surface area contributed by atoms with E-state index in [1.807, 2.05) is 0 Å². The number of aliphatic carboxylic acids is 1. The Balaban J connectivity index is 2.91. The molecule has 1 heterocycles. The molecular formula is C15H25N5O7. The van der Waals surface area contributed by atoms with Gasteiger partial charge in [0.05, 0.1) is 13.0 Å². The van der Waals surface area contributed by atoms with E-state index in [2.05, 4.69) is 10.6 Å². The minimum Gasteiger partial charge on any atom is -0.480 e. The lowest BCUT2D eigenvalue weighted by Gasteiger charge is -2.29. The van der Waals surface area contributed by atoms with Crippen LogP contribution in [0.25, 0.3) is 0 Å². The van der Waals surface area contributed by atoms with E-state index in [4.69, 9.17) is 21.7 Å². The van der Waals surface area contributed by atoms with Crippen LogP contribution in [0.1, 0.15) is 26.2 Å². The number of carboxylic acids is 1. The molecule has 1 fully saturated rings. The van der Waals surface area contributed by atoms with Crippen LogP contribution in [0.2, 0.25) is 0 Å². The van der Waals surface area contributed by atoms with Crippen LogP contribution in [0, 0.1) is 0 Å². The summed E-state index contributed by atoms with van der Waals surface area (Å²) in [4.78, 5) is 60.2. The van der Waals surface area contributed by atoms with Crippen LogP contribution in [0.3, 0.4) is 0 Å². The Hall–Kier alpha value is -2.73. The summed E-state index contributed by atoms with van der Waals surface area (Å²) in [6, 6.07) is -4.71. The van der Waals surface area contributed by atoms with Gasteiger partial charge in [0.15, 0.2) is 0 Å². The molecule has 0 aromatic heterocycles. The Labute approximate surface area is 155 Å². The average Bonchev–Trinajstić information content (AvgIpc) is 3.08. The second-order valence-corrected chi connectivity index (χ2v) is 6.28. The van der Waals surface area contributed by atoms with Crippen LogP contribution in [0.4, 0.5) is 0 Å². The maximum absolute atomic E-state index is 12.8. The summed E-state index contributed by atoms with van der Waals surface area (Å²) >= 11 is 0. The first-order valence-electron chi connectivity index (χ1n) is 8.37. The molecule has 0 aromatic rings. The van der Waals surface area contributed by atoms with Gasteiger partial charge < -0.3 is 37.2 Å². The highest BCUT2D eigenvalue weighted by Crippen LogP contribution is 2.19. The third-order valence-corrected chi connectivity index (χ3v) is 4.12. The highest BCUT2D eigenvalue weighted by molar-refractivity contribution is 5.96. The number of carbonyl (C=O) groups excluding carboxylic acids is 4. The standard InChI is InChI=1S/C15H25N5O7/c1-7(15(26)27)18-13(24)10-3-2-4-20(10)14(25)9(5-11(17)22)19-12(23)8(16)6-21/h7-10,21H,2-6,16H2,1H3,(H2,17,22)(H,18,24)(H,19,23)(H,26,27). The largest absolute Gasteiger partial charge is 0.480 e. The molecule has 4 amide bonds. The highest BCUT2D eigenvalue weighted by atomic mass is 16.4. The third kappa shape index (κ3) is 6.18. The van der Waals surface area contributed by atoms with Crippen LogP contribution < -0.4 is 22.1 Å². The van der Waals surface area contributed by atoms with E-state index in [1.54, 1.807) is 0 Å². The molecule has 12 heteroatoms. The van der Waals surface area contributed by atoms with Crippen LogP contribution in [0.5, 0.6) is 0 Å². The van der Waals surface area contributed by atoms with Gasteiger partial charge in [0.25, 0.3) is 0 Å². The zero-order chi connectivity index (χ0) is 20.7. The lowest BCUT2D eigenvalue weighted by molar-refractivity contribution is -0.145. The van der Waals surface area contributed by atoms with Crippen molar-refractivity contribution in [3.63, 3.8) is 0 Å². The van der Waals surface area contributed by atoms with Crippen molar-refractivity contribution in [2.24, 2.45) is 11.5 Å². The molecule has 27 heavy (non-hydrogen) atoms. The number of aliphatic hydroxyl groups excluding tert-OH is 1. The van der Waals surface area contributed by atoms with E-state index >= 15 is 0 Å². The van der Waals surface area contributed by atoms with Gasteiger partial charge in [0.2, 0.25) is 23.6 Å². The summed E-state index contributed by atoms with van der Waals surface area (Å²) in [5.41, 5.74) is 10.5. The summed E-state index contributed by atoms with van der Waals surface area (Å²) in [6.07, 6.45) is 0.273. The first-order valence-corrected chi connectivity index (χ1v) is 8.37. The van der Waals surface area contributed by atoms with Gasteiger partial charge in [-0.2, -0.15) is 0 Å². The first kappa shape index (κ1) is 22.3. The zero-order valence-electron chi connectivity index (χ0n) is 14.9. The number of nitrogens with one attached hydrogen (secondary N) is 2. The van der Waals surface area contributed by atoms with Gasteiger partial charge in [0, 0.05) is 6.54 Å². The molecule has 1 aliphatic rings. The molecule has 0 aliphatic carbocycles. The number of nitrogens with two attached hydrogens (primary N) is 2. The number of carboxylic acid groups (broad SMARTS) is 1. The number of aliphatic hydroxyl groups is 1. The second kappa shape index (κ2) is 9.83. The monoisotopic (exact) mass is 387 g/mol. The Bertz CT molecular complexity index is 611. The van der Waals surface area contributed by atoms with Gasteiger partial charge in [0.1, 0.15) is 24.2 Å². The van der Waals surface area contributed by atoms with E-state index < -0.39 is 66.8 Å². The maximum Gasteiger partial charge on any atom is 0.325 e. The minimum absolute atomic E-state index is 0.190. The van der Waals surface area contributed by atoms with Crippen molar-refractivity contribution in [1.82, 2.24) is 15.5 Å². The first-order chi connectivity index (χ1) is 12.6. The summed E-state index contributed by atoms with van der Waals surface area (Å²) in [7, 11) is 0. The fourth-order valence-electron chi connectivity index (χ4n) is 2.64. The minimum atomic E-state index is -1.35. The fourth-order valence-corrected chi connectivity index (χ4v) is 2.64. The van der Waals surface area contributed by atoms with Gasteiger partial charge in [-0.05, 0) is 19.8 Å². The van der Waals surface area contributed by atoms with Crippen molar-refractivity contribution in [1.29, 1.82) is 0 Å². The topological polar surface area (TPSA) is 205 Å². The fraction of sp³-hybridized carbons (Fsp3) is 0.667. The molecule has 12 nitrogen and oxygen atoms in total. The third-order valence-electron chi connectivity index (χ3n) is 4.12. The Morgan fingerprint density at radius 3 is 2.37 bits per heavy atom. The molecule has 152 valence electrons. The van der Waals surface area contributed by atoms with E-state index in [0.29, 0.717) is 12.8 Å². The van der Waals surface area contributed by atoms with E-state index in [9.17, 15) is 24.0 Å². The van der Waals surface area contributed by atoms with Crippen molar-refractivity contribution in [2.45, 2.75) is 50.4 Å². The number of hydrogen-bond donors (Lipinski definition) is 6.